The van der Waals surface area contributed by atoms with E-state index < -0.39 is 6.10 Å². The van der Waals surface area contributed by atoms with E-state index in [2.05, 4.69) is 18.4 Å². The highest BCUT2D eigenvalue weighted by atomic mass is 16.3. The molecule has 2 unspecified atom stereocenters. The lowest BCUT2D eigenvalue weighted by Gasteiger charge is -2.45. The molecule has 0 aromatic rings. The third-order valence-electron chi connectivity index (χ3n) is 5.99. The number of rotatable bonds is 2. The molecule has 22 heavy (non-hydrogen) atoms. The second kappa shape index (κ2) is 5.10. The number of hydrogen-bond acceptors (Lipinski definition) is 2. The Labute approximate surface area is 133 Å². The van der Waals surface area contributed by atoms with Gasteiger partial charge in [0.1, 0.15) is 0 Å². The van der Waals surface area contributed by atoms with Crippen LogP contribution >= 0.6 is 0 Å². The zero-order valence-electron chi connectivity index (χ0n) is 14.0. The van der Waals surface area contributed by atoms with E-state index in [1.165, 1.54) is 5.57 Å². The Bertz CT molecular complexity index is 620. The highest BCUT2D eigenvalue weighted by Crippen LogP contribution is 2.65. The zero-order valence-corrected chi connectivity index (χ0v) is 14.0. The highest BCUT2D eigenvalue weighted by molar-refractivity contribution is 6.02. The van der Waals surface area contributed by atoms with Gasteiger partial charge in [0, 0.05) is 28.7 Å². The molecule has 0 aliphatic heterocycles. The van der Waals surface area contributed by atoms with Gasteiger partial charge in [0.2, 0.25) is 0 Å². The maximum Gasteiger partial charge on any atom is 0.164 e. The van der Waals surface area contributed by atoms with Crippen molar-refractivity contribution in [2.45, 2.75) is 65.4 Å². The molecule has 0 bridgehead atoms. The summed E-state index contributed by atoms with van der Waals surface area (Å²) in [5, 5.41) is 10.7. The lowest BCUT2D eigenvalue weighted by atomic mass is 9.59. The summed E-state index contributed by atoms with van der Waals surface area (Å²) >= 11 is 0. The quantitative estimate of drug-likeness (QED) is 0.622. The van der Waals surface area contributed by atoms with Crippen molar-refractivity contribution in [1.29, 1.82) is 0 Å². The topological polar surface area (TPSA) is 37.3 Å². The van der Waals surface area contributed by atoms with Crippen LogP contribution in [0.5, 0.6) is 0 Å². The normalized spacial score (nSPS) is 31.6. The van der Waals surface area contributed by atoms with E-state index in [4.69, 9.17) is 0 Å². The Morgan fingerprint density at radius 1 is 1.32 bits per heavy atom. The minimum atomic E-state index is -0.543. The average Bonchev–Trinajstić information content (AvgIpc) is 3.26. The van der Waals surface area contributed by atoms with Gasteiger partial charge in [-0.15, -0.1) is 11.8 Å². The van der Waals surface area contributed by atoms with Crippen molar-refractivity contribution in [2.75, 3.05) is 0 Å². The molecule has 2 nitrogen and oxygen atoms in total. The molecule has 0 radical (unpaired) electrons. The molecule has 2 fully saturated rings. The average molecular weight is 298 g/mol. The van der Waals surface area contributed by atoms with Crippen molar-refractivity contribution in [3.8, 4) is 11.8 Å². The van der Waals surface area contributed by atoms with Crippen molar-refractivity contribution in [3.63, 3.8) is 0 Å². The lowest BCUT2D eigenvalue weighted by molar-refractivity contribution is -0.127. The van der Waals surface area contributed by atoms with Crippen LogP contribution in [-0.4, -0.2) is 17.0 Å². The summed E-state index contributed by atoms with van der Waals surface area (Å²) in [7, 11) is 0. The number of fused-ring (bicyclic) bond motifs is 1. The van der Waals surface area contributed by atoms with Gasteiger partial charge in [0.05, 0.1) is 6.10 Å². The summed E-state index contributed by atoms with van der Waals surface area (Å²) in [6, 6.07) is 0. The fourth-order valence-corrected chi connectivity index (χ4v) is 4.40. The van der Waals surface area contributed by atoms with Crippen LogP contribution in [0.4, 0.5) is 0 Å². The third kappa shape index (κ3) is 2.10. The monoisotopic (exact) mass is 298 g/mol. The molecule has 2 heteroatoms. The maximum absolute atomic E-state index is 13.1. The molecular weight excluding hydrogens is 272 g/mol. The van der Waals surface area contributed by atoms with Gasteiger partial charge in [0.25, 0.3) is 0 Å². The van der Waals surface area contributed by atoms with Crippen LogP contribution in [0.25, 0.3) is 0 Å². The van der Waals surface area contributed by atoms with E-state index in [0.717, 1.165) is 49.7 Å². The van der Waals surface area contributed by atoms with E-state index in [1.54, 1.807) is 0 Å². The van der Waals surface area contributed by atoms with Crippen molar-refractivity contribution in [3.05, 3.63) is 23.3 Å². The molecule has 3 rings (SSSR count). The van der Waals surface area contributed by atoms with Gasteiger partial charge in [-0.3, -0.25) is 4.79 Å². The van der Waals surface area contributed by atoms with Gasteiger partial charge >= 0.3 is 0 Å². The van der Waals surface area contributed by atoms with Crippen LogP contribution in [0.2, 0.25) is 0 Å². The van der Waals surface area contributed by atoms with Gasteiger partial charge in [-0.25, -0.2) is 0 Å². The standard InChI is InChI=1S/C20H26O2/c1-5-6-7-8-15-16-14(9-10-19(3,4)18(16)22)17(21)13(2)20(15)11-12-20/h14,17,21H,2,7-12H2,1,3-4H3. The molecule has 0 aromatic carbocycles. The Morgan fingerprint density at radius 3 is 2.59 bits per heavy atom. The Morgan fingerprint density at radius 2 is 2.00 bits per heavy atom. The van der Waals surface area contributed by atoms with Crippen LogP contribution in [0.1, 0.15) is 59.3 Å². The number of allylic oxidation sites excluding steroid dienone is 1. The molecule has 0 amide bonds. The van der Waals surface area contributed by atoms with Gasteiger partial charge < -0.3 is 5.11 Å². The first-order chi connectivity index (χ1) is 10.3. The Balaban J connectivity index is 2.10. The van der Waals surface area contributed by atoms with Crippen LogP contribution in [0.3, 0.4) is 0 Å². The number of aliphatic hydroxyl groups excluding tert-OH is 1. The first-order valence-corrected chi connectivity index (χ1v) is 8.40. The molecule has 0 saturated heterocycles. The smallest absolute Gasteiger partial charge is 0.164 e. The van der Waals surface area contributed by atoms with Crippen molar-refractivity contribution in [2.24, 2.45) is 16.7 Å². The maximum atomic E-state index is 13.1. The van der Waals surface area contributed by atoms with Crippen molar-refractivity contribution in [1.82, 2.24) is 0 Å². The van der Waals surface area contributed by atoms with Gasteiger partial charge in [-0.05, 0) is 44.6 Å². The molecule has 1 N–H and O–H groups in total. The number of hydrogen-bond donors (Lipinski definition) is 1. The second-order valence-electron chi connectivity index (χ2n) is 7.73. The molecule has 3 aliphatic rings. The first-order valence-electron chi connectivity index (χ1n) is 8.40. The lowest BCUT2D eigenvalue weighted by Crippen LogP contribution is -2.45. The Hall–Kier alpha value is -1.33. The van der Waals surface area contributed by atoms with Gasteiger partial charge in [-0.2, -0.15) is 0 Å². The molecule has 1 spiro atoms. The number of aliphatic hydroxyl groups is 1. The number of ketones is 1. The van der Waals surface area contributed by atoms with Crippen molar-refractivity contribution >= 4 is 5.78 Å². The summed E-state index contributed by atoms with van der Waals surface area (Å²) < 4.78 is 0. The number of Topliss-reactive ketones (excluding diaryl/α,β-unsaturated/α-hetero) is 1. The van der Waals surface area contributed by atoms with Crippen molar-refractivity contribution < 1.29 is 9.90 Å². The summed E-state index contributed by atoms with van der Waals surface area (Å²) in [5.41, 5.74) is 2.75. The highest BCUT2D eigenvalue weighted by Gasteiger charge is 2.58. The summed E-state index contributed by atoms with van der Waals surface area (Å²) in [6.07, 6.45) is 4.88. The molecule has 2 saturated carbocycles. The number of carbonyl (C=O) groups is 1. The molecule has 0 heterocycles. The minimum Gasteiger partial charge on any atom is -0.388 e. The van der Waals surface area contributed by atoms with E-state index in [0.29, 0.717) is 0 Å². The Kier molecular flexibility index (Phi) is 3.61. The van der Waals surface area contributed by atoms with E-state index in [9.17, 15) is 9.90 Å². The van der Waals surface area contributed by atoms with Crippen LogP contribution in [0.15, 0.2) is 23.3 Å². The van der Waals surface area contributed by atoms with E-state index in [-0.39, 0.29) is 22.5 Å². The van der Waals surface area contributed by atoms with E-state index >= 15 is 0 Å². The van der Waals surface area contributed by atoms with Gasteiger partial charge in [-0.1, -0.05) is 26.0 Å². The minimum absolute atomic E-state index is 0.0381. The van der Waals surface area contributed by atoms with E-state index in [1.807, 2.05) is 20.8 Å². The number of carbonyl (C=O) groups excluding carboxylic acids is 1. The molecule has 0 aromatic heterocycles. The molecule has 118 valence electrons. The fraction of sp³-hybridized carbons (Fsp3) is 0.650. The van der Waals surface area contributed by atoms with Crippen LogP contribution in [0, 0.1) is 28.6 Å². The van der Waals surface area contributed by atoms with Crippen LogP contribution < -0.4 is 0 Å². The third-order valence-corrected chi connectivity index (χ3v) is 5.99. The molecular formula is C20H26O2. The predicted octanol–water partition coefficient (Wildman–Crippen LogP) is 3.80. The fourth-order valence-electron chi connectivity index (χ4n) is 4.40. The molecule has 3 aliphatic carbocycles. The largest absolute Gasteiger partial charge is 0.388 e. The van der Waals surface area contributed by atoms with Crippen LogP contribution in [-0.2, 0) is 4.79 Å². The zero-order chi connectivity index (χ0) is 16.1. The second-order valence-corrected chi connectivity index (χ2v) is 7.73. The first kappa shape index (κ1) is 15.6. The SMILES string of the molecule is C=C1C(O)C2CCC(C)(C)C(=O)C2=C(CCC#CC)C12CC2. The molecule has 2 atom stereocenters. The summed E-state index contributed by atoms with van der Waals surface area (Å²) in [5.74, 6) is 6.29. The summed E-state index contributed by atoms with van der Waals surface area (Å²) in [6.45, 7) is 10.1. The predicted molar refractivity (Wildman–Crippen MR) is 88.0 cm³/mol. The van der Waals surface area contributed by atoms with Gasteiger partial charge in [0.15, 0.2) is 5.78 Å². The summed E-state index contributed by atoms with van der Waals surface area (Å²) in [4.78, 5) is 13.1.